The largest absolute Gasteiger partial charge is 0.435 e. The van der Waals surface area contributed by atoms with Crippen LogP contribution in [-0.2, 0) is 6.42 Å². The van der Waals surface area contributed by atoms with E-state index in [4.69, 9.17) is 0 Å². The van der Waals surface area contributed by atoms with E-state index in [9.17, 15) is 17.6 Å². The number of benzene rings is 2. The fourth-order valence-electron chi connectivity index (χ4n) is 1.95. The summed E-state index contributed by atoms with van der Waals surface area (Å²) in [4.78, 5) is -0.483. The summed E-state index contributed by atoms with van der Waals surface area (Å²) in [6.45, 7) is -2.95. The molecule has 6 heteroatoms. The first-order chi connectivity index (χ1) is 9.99. The summed E-state index contributed by atoms with van der Waals surface area (Å²) in [5, 5.41) is 0. The normalized spacial score (nSPS) is 12.5. The zero-order valence-corrected chi connectivity index (χ0v) is 12.3. The van der Waals surface area contributed by atoms with Crippen LogP contribution in [0, 0.1) is 11.6 Å². The Morgan fingerprint density at radius 2 is 1.71 bits per heavy atom. The third-order valence-corrected chi connectivity index (χ3v) is 3.72. The van der Waals surface area contributed by atoms with Crippen LogP contribution in [0.2, 0.25) is 0 Å². The maximum atomic E-state index is 13.6. The Morgan fingerprint density at radius 1 is 1.00 bits per heavy atom. The van der Waals surface area contributed by atoms with Gasteiger partial charge in [0.15, 0.2) is 11.6 Å². The third-order valence-electron chi connectivity index (χ3n) is 2.90. The lowest BCUT2D eigenvalue weighted by Crippen LogP contribution is -2.07. The van der Waals surface area contributed by atoms with E-state index < -0.39 is 23.1 Å². The molecule has 0 aliphatic heterocycles. The predicted octanol–water partition coefficient (Wildman–Crippen LogP) is 5.24. The van der Waals surface area contributed by atoms with E-state index in [1.165, 1.54) is 18.2 Å². The molecule has 21 heavy (non-hydrogen) atoms. The van der Waals surface area contributed by atoms with E-state index in [0.29, 0.717) is 5.56 Å². The maximum absolute atomic E-state index is 13.6. The molecule has 0 fully saturated rings. The van der Waals surface area contributed by atoms with Crippen LogP contribution in [0.3, 0.4) is 0 Å². The van der Waals surface area contributed by atoms with Crippen LogP contribution in [0.4, 0.5) is 17.6 Å². The minimum Gasteiger partial charge on any atom is -0.435 e. The van der Waals surface area contributed by atoms with Gasteiger partial charge in [-0.3, -0.25) is 0 Å². The summed E-state index contributed by atoms with van der Waals surface area (Å²) in [6, 6.07) is 10.1. The molecule has 1 atom stereocenters. The van der Waals surface area contributed by atoms with E-state index >= 15 is 0 Å². The molecule has 0 spiro atoms. The Morgan fingerprint density at radius 3 is 2.43 bits per heavy atom. The van der Waals surface area contributed by atoms with Crippen LogP contribution < -0.4 is 4.74 Å². The van der Waals surface area contributed by atoms with Crippen LogP contribution >= 0.6 is 15.9 Å². The van der Waals surface area contributed by atoms with Crippen molar-refractivity contribution in [1.29, 1.82) is 0 Å². The summed E-state index contributed by atoms with van der Waals surface area (Å²) >= 11 is 3.31. The molecule has 2 rings (SSSR count). The molecule has 0 aliphatic carbocycles. The van der Waals surface area contributed by atoms with Crippen molar-refractivity contribution < 1.29 is 22.3 Å². The van der Waals surface area contributed by atoms with Gasteiger partial charge in [-0.1, -0.05) is 46.3 Å². The molecule has 1 unspecified atom stereocenters. The fraction of sp³-hybridized carbons (Fsp3) is 0.200. The number of ether oxygens (including phenoxy) is 1. The van der Waals surface area contributed by atoms with Crippen LogP contribution in [-0.4, -0.2) is 6.61 Å². The first-order valence-electron chi connectivity index (χ1n) is 6.09. The summed E-state index contributed by atoms with van der Waals surface area (Å²) < 4.78 is 56.0. The molecule has 0 heterocycles. The van der Waals surface area contributed by atoms with Gasteiger partial charge in [-0.15, -0.1) is 0 Å². The average molecular weight is 363 g/mol. The lowest BCUT2D eigenvalue weighted by Gasteiger charge is -2.15. The molecule has 0 radical (unpaired) electrons. The van der Waals surface area contributed by atoms with E-state index in [1.54, 1.807) is 18.2 Å². The van der Waals surface area contributed by atoms with Crippen LogP contribution in [0.25, 0.3) is 0 Å². The van der Waals surface area contributed by atoms with E-state index in [-0.39, 0.29) is 17.7 Å². The summed E-state index contributed by atoms with van der Waals surface area (Å²) in [6.07, 6.45) is 0.104. The van der Waals surface area contributed by atoms with Crippen molar-refractivity contribution in [3.05, 3.63) is 65.2 Å². The SMILES string of the molecule is Fc1cccc(CC(Br)c2ccccc2OC(F)F)c1F. The Balaban J connectivity index is 2.24. The third kappa shape index (κ3) is 3.97. The molecular formula is C15H11BrF4O. The Kier molecular flexibility index (Phi) is 5.22. The zero-order chi connectivity index (χ0) is 15.4. The Hall–Kier alpha value is -1.56. The van der Waals surface area contributed by atoms with Gasteiger partial charge in [-0.2, -0.15) is 8.78 Å². The van der Waals surface area contributed by atoms with Gasteiger partial charge in [0, 0.05) is 10.4 Å². The lowest BCUT2D eigenvalue weighted by atomic mass is 10.0. The van der Waals surface area contributed by atoms with Crippen LogP contribution in [0.1, 0.15) is 16.0 Å². The molecule has 0 bridgehead atoms. The van der Waals surface area contributed by atoms with Crippen molar-refractivity contribution in [2.75, 3.05) is 0 Å². The highest BCUT2D eigenvalue weighted by Gasteiger charge is 2.18. The molecule has 1 nitrogen and oxygen atoms in total. The molecule has 0 amide bonds. The maximum Gasteiger partial charge on any atom is 0.387 e. The quantitative estimate of drug-likeness (QED) is 0.521. The number of rotatable bonds is 5. The van der Waals surface area contributed by atoms with Gasteiger partial charge in [0.2, 0.25) is 0 Å². The summed E-state index contributed by atoms with van der Waals surface area (Å²) in [7, 11) is 0. The number of hydrogen-bond acceptors (Lipinski definition) is 1. The Labute approximate surface area is 127 Å². The average Bonchev–Trinajstić information content (AvgIpc) is 2.44. The number of para-hydroxylation sites is 1. The van der Waals surface area contributed by atoms with Gasteiger partial charge in [0.1, 0.15) is 5.75 Å². The number of hydrogen-bond donors (Lipinski definition) is 0. The van der Waals surface area contributed by atoms with Crippen molar-refractivity contribution in [3.63, 3.8) is 0 Å². The van der Waals surface area contributed by atoms with Crippen molar-refractivity contribution in [1.82, 2.24) is 0 Å². The second kappa shape index (κ2) is 6.93. The van der Waals surface area contributed by atoms with Crippen LogP contribution in [0.5, 0.6) is 5.75 Å². The smallest absolute Gasteiger partial charge is 0.387 e. The minimum absolute atomic E-state index is 0.00573. The summed E-state index contributed by atoms with van der Waals surface area (Å²) in [5.74, 6) is -1.87. The highest BCUT2D eigenvalue weighted by molar-refractivity contribution is 9.09. The molecule has 0 saturated carbocycles. The van der Waals surface area contributed by atoms with Gasteiger partial charge in [-0.25, -0.2) is 8.78 Å². The molecule has 0 saturated heterocycles. The van der Waals surface area contributed by atoms with Gasteiger partial charge < -0.3 is 4.74 Å². The first kappa shape index (κ1) is 15.8. The van der Waals surface area contributed by atoms with Crippen LogP contribution in [0.15, 0.2) is 42.5 Å². The van der Waals surface area contributed by atoms with Crippen molar-refractivity contribution >= 4 is 15.9 Å². The van der Waals surface area contributed by atoms with Gasteiger partial charge in [0.05, 0.1) is 0 Å². The van der Waals surface area contributed by atoms with Gasteiger partial charge >= 0.3 is 6.61 Å². The monoisotopic (exact) mass is 362 g/mol. The second-order valence-electron chi connectivity index (χ2n) is 4.30. The highest BCUT2D eigenvalue weighted by Crippen LogP contribution is 2.35. The number of halogens is 5. The number of alkyl halides is 3. The predicted molar refractivity (Wildman–Crippen MR) is 74.8 cm³/mol. The molecule has 2 aromatic carbocycles. The lowest BCUT2D eigenvalue weighted by molar-refractivity contribution is -0.0504. The molecular weight excluding hydrogens is 352 g/mol. The highest BCUT2D eigenvalue weighted by atomic mass is 79.9. The topological polar surface area (TPSA) is 9.23 Å². The van der Waals surface area contributed by atoms with Gasteiger partial charge in [-0.05, 0) is 24.1 Å². The summed E-state index contributed by atoms with van der Waals surface area (Å²) in [5.41, 5.74) is 0.602. The molecule has 0 aromatic heterocycles. The van der Waals surface area contributed by atoms with E-state index in [0.717, 1.165) is 6.07 Å². The zero-order valence-electron chi connectivity index (χ0n) is 10.7. The Bertz CT molecular complexity index is 618. The van der Waals surface area contributed by atoms with Crippen molar-refractivity contribution in [2.45, 2.75) is 17.9 Å². The standard InChI is InChI=1S/C15H11BrF4O/c16-11(8-9-4-3-6-12(17)14(9)18)10-5-1-2-7-13(10)21-15(19)20/h1-7,11,15H,8H2. The second-order valence-corrected chi connectivity index (χ2v) is 5.41. The van der Waals surface area contributed by atoms with E-state index in [2.05, 4.69) is 20.7 Å². The molecule has 2 aromatic rings. The fourth-order valence-corrected chi connectivity index (χ4v) is 2.68. The van der Waals surface area contributed by atoms with Gasteiger partial charge in [0.25, 0.3) is 0 Å². The minimum atomic E-state index is -2.95. The van der Waals surface area contributed by atoms with E-state index in [1.807, 2.05) is 0 Å². The molecule has 112 valence electrons. The van der Waals surface area contributed by atoms with Crippen molar-refractivity contribution in [2.24, 2.45) is 0 Å². The molecule has 0 aliphatic rings. The first-order valence-corrected chi connectivity index (χ1v) is 7.01. The van der Waals surface area contributed by atoms with Crippen molar-refractivity contribution in [3.8, 4) is 5.75 Å². The molecule has 0 N–H and O–H groups in total.